The van der Waals surface area contributed by atoms with Gasteiger partial charge in [-0.2, -0.15) is 0 Å². The smallest absolute Gasteiger partial charge is 0.303 e. The Labute approximate surface area is 52.7 Å². The fraction of sp³-hybridized carbons (Fsp3) is 0.750. The third-order valence-corrected chi connectivity index (χ3v) is 0.396. The van der Waals surface area contributed by atoms with E-state index in [1.165, 1.54) is 0 Å². The minimum atomic E-state index is -2.94. The summed E-state index contributed by atoms with van der Waals surface area (Å²) in [6, 6.07) is 0. The first-order valence-corrected chi connectivity index (χ1v) is 2.08. The molecule has 7 heavy (non-hydrogen) atoms. The molecular weight excluding hydrogens is 115 g/mol. The lowest BCUT2D eigenvalue weighted by Crippen LogP contribution is -1.93. The van der Waals surface area contributed by atoms with Crippen LogP contribution >= 0.6 is 11.6 Å². The van der Waals surface area contributed by atoms with Gasteiger partial charge in [0.2, 0.25) is 0 Å². The normalized spacial score (nSPS) is 21.3. The number of carbonyl (C=O) groups is 1. The summed E-state index contributed by atoms with van der Waals surface area (Å²) < 4.78 is 27.4. The first kappa shape index (κ1) is 2.35. The van der Waals surface area contributed by atoms with E-state index in [9.17, 15) is 4.79 Å². The molecule has 0 spiro atoms. The number of halogens is 1. The zero-order valence-corrected chi connectivity index (χ0v) is 4.20. The average molecular weight is 127 g/mol. The number of alkyl halides is 1. The Morgan fingerprint density at radius 1 is 2.00 bits per heavy atom. The summed E-state index contributed by atoms with van der Waals surface area (Å²) in [6.07, 6.45) is -5.48. The van der Waals surface area contributed by atoms with Crippen molar-refractivity contribution in [2.24, 2.45) is 0 Å². The molecular formula is C4H7ClO2. The molecule has 0 atom stereocenters. The van der Waals surface area contributed by atoms with Gasteiger partial charge in [-0.3, -0.25) is 4.79 Å². The highest BCUT2D eigenvalue weighted by atomic mass is 35.5. The van der Waals surface area contributed by atoms with Crippen LogP contribution in [0.1, 0.15) is 18.2 Å². The van der Waals surface area contributed by atoms with E-state index in [4.69, 9.17) is 22.2 Å². The SMILES string of the molecule is [2H]C([2H])(CCl)C([2H])([2H])C(=O)O. The van der Waals surface area contributed by atoms with Crippen LogP contribution in [0.25, 0.3) is 0 Å². The lowest BCUT2D eigenvalue weighted by molar-refractivity contribution is -0.137. The van der Waals surface area contributed by atoms with E-state index in [0.717, 1.165) is 0 Å². The van der Waals surface area contributed by atoms with Crippen molar-refractivity contribution >= 4 is 17.6 Å². The Balaban J connectivity index is 4.67. The van der Waals surface area contributed by atoms with E-state index in [-0.39, 0.29) is 0 Å². The molecule has 0 aliphatic heterocycles. The molecule has 0 bridgehead atoms. The van der Waals surface area contributed by atoms with Crippen LogP contribution in [-0.4, -0.2) is 17.0 Å². The van der Waals surface area contributed by atoms with Gasteiger partial charge < -0.3 is 5.11 Å². The Kier molecular flexibility index (Phi) is 1.32. The highest BCUT2D eigenvalue weighted by molar-refractivity contribution is 6.17. The number of rotatable bonds is 3. The molecule has 0 fully saturated rings. The number of hydrogen-bond donors (Lipinski definition) is 1. The second-order valence-corrected chi connectivity index (χ2v) is 1.01. The summed E-state index contributed by atoms with van der Waals surface area (Å²) in [5.74, 6) is -2.53. The van der Waals surface area contributed by atoms with Crippen LogP contribution in [-0.2, 0) is 4.79 Å². The Hall–Kier alpha value is -0.240. The van der Waals surface area contributed by atoms with Crippen molar-refractivity contribution in [1.82, 2.24) is 0 Å². The zero-order valence-electron chi connectivity index (χ0n) is 7.44. The van der Waals surface area contributed by atoms with Gasteiger partial charge in [0.1, 0.15) is 0 Å². The Morgan fingerprint density at radius 3 is 2.71 bits per heavy atom. The van der Waals surface area contributed by atoms with E-state index < -0.39 is 24.6 Å². The molecule has 3 heteroatoms. The molecule has 0 aromatic rings. The molecule has 0 aliphatic rings. The molecule has 2 nitrogen and oxygen atoms in total. The van der Waals surface area contributed by atoms with Crippen LogP contribution in [0.4, 0.5) is 0 Å². The number of hydrogen-bond acceptors (Lipinski definition) is 1. The van der Waals surface area contributed by atoms with Crippen LogP contribution in [0.15, 0.2) is 0 Å². The number of aliphatic carboxylic acids is 1. The third kappa shape index (κ3) is 5.76. The molecule has 0 aliphatic carbocycles. The van der Waals surface area contributed by atoms with Crippen molar-refractivity contribution in [3.8, 4) is 0 Å². The molecule has 0 radical (unpaired) electrons. The van der Waals surface area contributed by atoms with Crippen molar-refractivity contribution < 1.29 is 15.4 Å². The fourth-order valence-corrected chi connectivity index (χ4v) is 0.176. The van der Waals surface area contributed by atoms with Crippen LogP contribution in [0.2, 0.25) is 0 Å². The van der Waals surface area contributed by atoms with Crippen LogP contribution in [0, 0.1) is 0 Å². The minimum Gasteiger partial charge on any atom is -0.481 e. The molecule has 0 saturated carbocycles. The van der Waals surface area contributed by atoms with Gasteiger partial charge in [0.05, 0.1) is 0 Å². The lowest BCUT2D eigenvalue weighted by atomic mass is 10.3. The summed E-state index contributed by atoms with van der Waals surface area (Å²) in [4.78, 5) is 10.2. The number of carboxylic acid groups (broad SMARTS) is 1. The van der Waals surface area contributed by atoms with Gasteiger partial charge in [0, 0.05) is 17.7 Å². The minimum absolute atomic E-state index is 0.688. The molecule has 0 unspecified atom stereocenters. The van der Waals surface area contributed by atoms with Gasteiger partial charge in [0.25, 0.3) is 0 Å². The van der Waals surface area contributed by atoms with E-state index in [0.29, 0.717) is 0 Å². The quantitative estimate of drug-likeness (QED) is 0.575. The molecule has 0 aromatic heterocycles. The summed E-state index contributed by atoms with van der Waals surface area (Å²) in [7, 11) is 0. The summed E-state index contributed by atoms with van der Waals surface area (Å²) in [5.41, 5.74) is 0. The number of carboxylic acids is 1. The summed E-state index contributed by atoms with van der Waals surface area (Å²) in [5, 5.41) is 8.23. The molecule has 42 valence electrons. The van der Waals surface area contributed by atoms with Crippen molar-refractivity contribution in [3.05, 3.63) is 0 Å². The van der Waals surface area contributed by atoms with Crippen molar-refractivity contribution in [3.63, 3.8) is 0 Å². The van der Waals surface area contributed by atoms with E-state index in [1.54, 1.807) is 0 Å². The average Bonchev–Trinajstić information content (AvgIpc) is 1.87. The van der Waals surface area contributed by atoms with E-state index in [1.807, 2.05) is 0 Å². The van der Waals surface area contributed by atoms with Gasteiger partial charge in [0.15, 0.2) is 0 Å². The zero-order chi connectivity index (χ0) is 9.28. The molecule has 0 amide bonds. The first-order valence-electron chi connectivity index (χ1n) is 3.55. The molecule has 0 saturated heterocycles. The fourth-order valence-electron chi connectivity index (χ4n) is 0.109. The maximum absolute atomic E-state index is 10.2. The van der Waals surface area contributed by atoms with Gasteiger partial charge in [-0.1, -0.05) is 0 Å². The molecule has 0 rings (SSSR count). The van der Waals surface area contributed by atoms with Gasteiger partial charge >= 0.3 is 5.97 Å². The molecule has 1 N–H and O–H groups in total. The molecule has 0 heterocycles. The predicted molar refractivity (Wildman–Crippen MR) is 27.6 cm³/mol. The molecule has 0 aromatic carbocycles. The highest BCUT2D eigenvalue weighted by Crippen LogP contribution is 1.89. The Bertz CT molecular complexity index is 169. The lowest BCUT2D eigenvalue weighted by Gasteiger charge is -1.84. The summed E-state index contributed by atoms with van der Waals surface area (Å²) in [6.45, 7) is 0. The van der Waals surface area contributed by atoms with Gasteiger partial charge in [-0.25, -0.2) is 0 Å². The second kappa shape index (κ2) is 3.93. The van der Waals surface area contributed by atoms with Crippen LogP contribution in [0.3, 0.4) is 0 Å². The predicted octanol–water partition coefficient (Wildman–Crippen LogP) is 1.09. The monoisotopic (exact) mass is 126 g/mol. The van der Waals surface area contributed by atoms with Crippen molar-refractivity contribution in [2.75, 3.05) is 5.88 Å². The maximum atomic E-state index is 10.2. The van der Waals surface area contributed by atoms with E-state index in [2.05, 4.69) is 0 Å². The summed E-state index contributed by atoms with van der Waals surface area (Å²) >= 11 is 5.04. The third-order valence-electron chi connectivity index (χ3n) is 0.262. The maximum Gasteiger partial charge on any atom is 0.303 e. The van der Waals surface area contributed by atoms with Gasteiger partial charge in [-0.15, -0.1) is 11.6 Å². The second-order valence-electron chi connectivity index (χ2n) is 0.741. The van der Waals surface area contributed by atoms with Crippen molar-refractivity contribution in [1.29, 1.82) is 0 Å². The first-order chi connectivity index (χ1) is 4.75. The Morgan fingerprint density at radius 2 is 2.57 bits per heavy atom. The van der Waals surface area contributed by atoms with Crippen LogP contribution in [0.5, 0.6) is 0 Å². The van der Waals surface area contributed by atoms with Crippen molar-refractivity contribution in [2.45, 2.75) is 12.7 Å². The largest absolute Gasteiger partial charge is 0.481 e. The highest BCUT2D eigenvalue weighted by Gasteiger charge is 1.91. The van der Waals surface area contributed by atoms with E-state index >= 15 is 0 Å². The van der Waals surface area contributed by atoms with Gasteiger partial charge in [-0.05, 0) is 6.37 Å². The standard InChI is InChI=1S/C4H7ClO2/c5-3-1-2-4(6)7/h1-3H2,(H,6,7)/i1D2,2D2. The van der Waals surface area contributed by atoms with Crippen LogP contribution < -0.4 is 0 Å². The topological polar surface area (TPSA) is 37.3 Å².